The Hall–Kier alpha value is -0.0800. The quantitative estimate of drug-likeness (QED) is 0.550. The highest BCUT2D eigenvalue weighted by Crippen LogP contribution is 2.36. The van der Waals surface area contributed by atoms with Crippen LogP contribution in [-0.4, -0.2) is 6.04 Å². The second-order valence-corrected chi connectivity index (χ2v) is 8.14. The second-order valence-electron chi connectivity index (χ2n) is 8.14. The Kier molecular flexibility index (Phi) is 6.82. The van der Waals surface area contributed by atoms with Gasteiger partial charge in [-0.1, -0.05) is 41.0 Å². The molecule has 3 N–H and O–H groups in total. The number of nitrogens with two attached hydrogens (primary N) is 1. The van der Waals surface area contributed by atoms with Crippen molar-refractivity contribution in [2.45, 2.75) is 85.6 Å². The van der Waals surface area contributed by atoms with E-state index in [2.05, 4.69) is 40.0 Å². The lowest BCUT2D eigenvalue weighted by molar-refractivity contribution is 0.180. The largest absolute Gasteiger partial charge is 0.271 e. The molecule has 1 rings (SSSR count). The first-order chi connectivity index (χ1) is 8.83. The molecule has 1 aliphatic carbocycles. The van der Waals surface area contributed by atoms with Crippen molar-refractivity contribution in [2.75, 3.05) is 0 Å². The third-order valence-corrected chi connectivity index (χ3v) is 4.98. The van der Waals surface area contributed by atoms with Crippen LogP contribution in [0, 0.1) is 23.2 Å². The summed E-state index contributed by atoms with van der Waals surface area (Å²) in [6, 6.07) is 0.537. The maximum absolute atomic E-state index is 5.80. The first-order valence-corrected chi connectivity index (χ1v) is 8.29. The third-order valence-electron chi connectivity index (χ3n) is 4.98. The molecule has 1 fully saturated rings. The maximum Gasteiger partial charge on any atom is 0.0238 e. The molecule has 19 heavy (non-hydrogen) atoms. The van der Waals surface area contributed by atoms with E-state index in [0.717, 1.165) is 17.8 Å². The number of rotatable bonds is 6. The van der Waals surface area contributed by atoms with Crippen LogP contribution >= 0.6 is 0 Å². The monoisotopic (exact) mass is 268 g/mol. The van der Waals surface area contributed by atoms with E-state index in [9.17, 15) is 0 Å². The van der Waals surface area contributed by atoms with Crippen LogP contribution in [0.5, 0.6) is 0 Å². The highest BCUT2D eigenvalue weighted by Gasteiger charge is 2.28. The van der Waals surface area contributed by atoms with Crippen molar-refractivity contribution < 1.29 is 0 Å². The molecular formula is C17H36N2. The standard InChI is InChI=1S/C17H36N2/c1-13(2)14-8-10-15(11-9-14)16(19-18)7-6-12-17(3,4)5/h13-16,19H,6-12,18H2,1-5H3. The average Bonchev–Trinajstić information content (AvgIpc) is 2.33. The average molecular weight is 268 g/mol. The van der Waals surface area contributed by atoms with Gasteiger partial charge >= 0.3 is 0 Å². The summed E-state index contributed by atoms with van der Waals surface area (Å²) in [5.74, 6) is 8.40. The fourth-order valence-electron chi connectivity index (χ4n) is 3.52. The van der Waals surface area contributed by atoms with E-state index >= 15 is 0 Å². The minimum atomic E-state index is 0.453. The molecular weight excluding hydrogens is 232 g/mol. The molecule has 114 valence electrons. The highest BCUT2D eigenvalue weighted by molar-refractivity contribution is 4.82. The molecule has 0 aromatic rings. The van der Waals surface area contributed by atoms with E-state index in [4.69, 9.17) is 5.84 Å². The molecule has 0 bridgehead atoms. The lowest BCUT2D eigenvalue weighted by atomic mass is 9.73. The smallest absolute Gasteiger partial charge is 0.0238 e. The van der Waals surface area contributed by atoms with Gasteiger partial charge < -0.3 is 0 Å². The van der Waals surface area contributed by atoms with Gasteiger partial charge in [0.2, 0.25) is 0 Å². The Balaban J connectivity index is 2.32. The minimum absolute atomic E-state index is 0.453. The van der Waals surface area contributed by atoms with Crippen molar-refractivity contribution in [3.8, 4) is 0 Å². The Morgan fingerprint density at radius 3 is 2.00 bits per heavy atom. The molecule has 2 nitrogen and oxygen atoms in total. The first-order valence-electron chi connectivity index (χ1n) is 8.29. The molecule has 0 aromatic carbocycles. The van der Waals surface area contributed by atoms with E-state index in [-0.39, 0.29) is 0 Å². The summed E-state index contributed by atoms with van der Waals surface area (Å²) in [6.45, 7) is 11.7. The molecule has 2 heteroatoms. The van der Waals surface area contributed by atoms with Crippen LogP contribution in [0.25, 0.3) is 0 Å². The Bertz CT molecular complexity index is 234. The van der Waals surface area contributed by atoms with Crippen LogP contribution in [0.15, 0.2) is 0 Å². The number of nitrogens with one attached hydrogen (secondary N) is 1. The Labute approximate surface area is 120 Å². The number of hydrogen-bond acceptors (Lipinski definition) is 2. The second kappa shape index (κ2) is 7.64. The van der Waals surface area contributed by atoms with Gasteiger partial charge in [0.05, 0.1) is 0 Å². The third kappa shape index (κ3) is 6.27. The molecule has 1 atom stereocenters. The van der Waals surface area contributed by atoms with Crippen LogP contribution in [0.2, 0.25) is 0 Å². The van der Waals surface area contributed by atoms with Gasteiger partial charge in [0.1, 0.15) is 0 Å². The zero-order valence-electron chi connectivity index (χ0n) is 13.8. The Morgan fingerprint density at radius 1 is 1.05 bits per heavy atom. The first kappa shape index (κ1) is 17.0. The number of hydrazine groups is 1. The maximum atomic E-state index is 5.80. The molecule has 0 heterocycles. The summed E-state index contributed by atoms with van der Waals surface area (Å²) < 4.78 is 0. The van der Waals surface area contributed by atoms with Crippen LogP contribution in [0.4, 0.5) is 0 Å². The van der Waals surface area contributed by atoms with Gasteiger partial charge in [-0.05, 0) is 61.7 Å². The molecule has 0 amide bonds. The van der Waals surface area contributed by atoms with Crippen molar-refractivity contribution in [3.05, 3.63) is 0 Å². The van der Waals surface area contributed by atoms with Gasteiger partial charge in [-0.15, -0.1) is 0 Å². The normalized spacial score (nSPS) is 26.7. The fourth-order valence-corrected chi connectivity index (χ4v) is 3.52. The molecule has 0 aromatic heterocycles. The molecule has 0 saturated heterocycles. The van der Waals surface area contributed by atoms with Gasteiger partial charge in [-0.25, -0.2) is 0 Å². The fraction of sp³-hybridized carbons (Fsp3) is 1.00. The van der Waals surface area contributed by atoms with Crippen LogP contribution in [0.1, 0.15) is 79.6 Å². The molecule has 0 radical (unpaired) electrons. The van der Waals surface area contributed by atoms with Crippen LogP contribution < -0.4 is 11.3 Å². The summed E-state index contributed by atoms with van der Waals surface area (Å²) in [6.07, 6.45) is 9.37. The van der Waals surface area contributed by atoms with Crippen molar-refractivity contribution >= 4 is 0 Å². The zero-order valence-corrected chi connectivity index (χ0v) is 13.8. The van der Waals surface area contributed by atoms with Crippen molar-refractivity contribution in [3.63, 3.8) is 0 Å². The molecule has 0 spiro atoms. The lowest BCUT2D eigenvalue weighted by Gasteiger charge is -2.35. The molecule has 1 unspecified atom stereocenters. The summed E-state index contributed by atoms with van der Waals surface area (Å²) in [7, 11) is 0. The SMILES string of the molecule is CC(C)C1CCC(C(CCCC(C)(C)C)NN)CC1. The van der Waals surface area contributed by atoms with Gasteiger partial charge in [-0.2, -0.15) is 0 Å². The summed E-state index contributed by atoms with van der Waals surface area (Å²) >= 11 is 0. The van der Waals surface area contributed by atoms with E-state index in [1.807, 2.05) is 0 Å². The van der Waals surface area contributed by atoms with Crippen molar-refractivity contribution in [1.29, 1.82) is 0 Å². The molecule has 1 saturated carbocycles. The minimum Gasteiger partial charge on any atom is -0.271 e. The predicted octanol–water partition coefficient (Wildman–Crippen LogP) is 4.50. The molecule has 0 aliphatic heterocycles. The van der Waals surface area contributed by atoms with Crippen molar-refractivity contribution in [1.82, 2.24) is 5.43 Å². The zero-order chi connectivity index (χ0) is 14.5. The van der Waals surface area contributed by atoms with Crippen molar-refractivity contribution in [2.24, 2.45) is 29.0 Å². The summed E-state index contributed by atoms with van der Waals surface area (Å²) in [4.78, 5) is 0. The van der Waals surface area contributed by atoms with E-state index in [1.165, 1.54) is 44.9 Å². The summed E-state index contributed by atoms with van der Waals surface area (Å²) in [5, 5.41) is 0. The van der Waals surface area contributed by atoms with Crippen LogP contribution in [0.3, 0.4) is 0 Å². The number of hydrogen-bond donors (Lipinski definition) is 2. The molecule has 1 aliphatic rings. The van der Waals surface area contributed by atoms with Gasteiger partial charge in [0.15, 0.2) is 0 Å². The summed E-state index contributed by atoms with van der Waals surface area (Å²) in [5.41, 5.74) is 3.55. The lowest BCUT2D eigenvalue weighted by Crippen LogP contribution is -2.42. The topological polar surface area (TPSA) is 38.0 Å². The predicted molar refractivity (Wildman–Crippen MR) is 84.7 cm³/mol. The van der Waals surface area contributed by atoms with Gasteiger partial charge in [0.25, 0.3) is 0 Å². The van der Waals surface area contributed by atoms with Gasteiger partial charge in [-0.3, -0.25) is 11.3 Å². The van der Waals surface area contributed by atoms with Crippen LogP contribution in [-0.2, 0) is 0 Å². The van der Waals surface area contributed by atoms with Gasteiger partial charge in [0, 0.05) is 6.04 Å². The van der Waals surface area contributed by atoms with E-state index in [1.54, 1.807) is 0 Å². The van der Waals surface area contributed by atoms with E-state index in [0.29, 0.717) is 11.5 Å². The van der Waals surface area contributed by atoms with E-state index < -0.39 is 0 Å². The highest BCUT2D eigenvalue weighted by atomic mass is 15.2. The Morgan fingerprint density at radius 2 is 1.58 bits per heavy atom.